The van der Waals surface area contributed by atoms with E-state index in [4.69, 9.17) is 0 Å². The van der Waals surface area contributed by atoms with Gasteiger partial charge < -0.3 is 9.67 Å². The van der Waals surface area contributed by atoms with Gasteiger partial charge in [-0.2, -0.15) is 0 Å². The predicted octanol–water partition coefficient (Wildman–Crippen LogP) is 4.11. The molecule has 1 fully saturated rings. The van der Waals surface area contributed by atoms with Crippen LogP contribution in [0.3, 0.4) is 0 Å². The maximum absolute atomic E-state index is 13.1. The Hall–Kier alpha value is -2.73. The average Bonchev–Trinajstić information content (AvgIpc) is 3.11. The van der Waals surface area contributed by atoms with Gasteiger partial charge in [0.1, 0.15) is 5.82 Å². The number of benzene rings is 3. The fourth-order valence-corrected chi connectivity index (χ4v) is 4.74. The second-order valence-corrected chi connectivity index (χ2v) is 8.50. The first-order valence-electron chi connectivity index (χ1n) is 11.0. The van der Waals surface area contributed by atoms with Crippen molar-refractivity contribution in [3.05, 3.63) is 84.2 Å². The van der Waals surface area contributed by atoms with Gasteiger partial charge in [0.25, 0.3) is 0 Å². The Labute approximate surface area is 182 Å². The zero-order valence-corrected chi connectivity index (χ0v) is 17.6. The molecule has 2 heterocycles. The van der Waals surface area contributed by atoms with E-state index < -0.39 is 6.10 Å². The number of halogens is 1. The van der Waals surface area contributed by atoms with Crippen molar-refractivity contribution in [3.63, 3.8) is 0 Å². The first kappa shape index (κ1) is 20.2. The van der Waals surface area contributed by atoms with Crippen LogP contribution < -0.4 is 0 Å². The van der Waals surface area contributed by atoms with Crippen LogP contribution in [0.1, 0.15) is 5.56 Å². The molecule has 0 aliphatic carbocycles. The van der Waals surface area contributed by atoms with E-state index in [0.29, 0.717) is 13.1 Å². The Kier molecular flexibility index (Phi) is 5.72. The lowest BCUT2D eigenvalue weighted by Gasteiger charge is -2.35. The first-order valence-corrected chi connectivity index (χ1v) is 11.0. The molecule has 0 saturated carbocycles. The van der Waals surface area contributed by atoms with Crippen LogP contribution >= 0.6 is 0 Å². The molecule has 1 aliphatic rings. The highest BCUT2D eigenvalue weighted by Gasteiger charge is 2.20. The standard InChI is InChI=1S/C26H28FN3O/c27-21-11-9-20(10-12-21)17-28-13-15-29(16-14-28)18-22(31)19-30-25-7-3-1-5-23(25)24-6-2-4-8-26(24)30/h1-12,22,31H,13-19H2. The molecular weight excluding hydrogens is 389 g/mol. The number of hydrogen-bond acceptors (Lipinski definition) is 3. The second-order valence-electron chi connectivity index (χ2n) is 8.50. The molecule has 5 heteroatoms. The Morgan fingerprint density at radius 3 is 1.87 bits per heavy atom. The molecule has 3 aromatic carbocycles. The van der Waals surface area contributed by atoms with Gasteiger partial charge in [0.2, 0.25) is 0 Å². The summed E-state index contributed by atoms with van der Waals surface area (Å²) in [6.45, 7) is 5.89. The molecular formula is C26H28FN3O. The van der Waals surface area contributed by atoms with Crippen molar-refractivity contribution in [3.8, 4) is 0 Å². The predicted molar refractivity (Wildman–Crippen MR) is 124 cm³/mol. The van der Waals surface area contributed by atoms with Crippen LogP contribution in [0.2, 0.25) is 0 Å². The van der Waals surface area contributed by atoms with Crippen LogP contribution in [-0.2, 0) is 13.1 Å². The molecule has 1 atom stereocenters. The smallest absolute Gasteiger partial charge is 0.123 e. The molecule has 1 saturated heterocycles. The lowest BCUT2D eigenvalue weighted by Crippen LogP contribution is -2.48. The monoisotopic (exact) mass is 417 g/mol. The summed E-state index contributed by atoms with van der Waals surface area (Å²) >= 11 is 0. The molecule has 1 N–H and O–H groups in total. The van der Waals surface area contributed by atoms with E-state index in [0.717, 1.165) is 38.3 Å². The van der Waals surface area contributed by atoms with E-state index >= 15 is 0 Å². The lowest BCUT2D eigenvalue weighted by atomic mass is 10.2. The fraction of sp³-hybridized carbons (Fsp3) is 0.308. The molecule has 4 aromatic rings. The summed E-state index contributed by atoms with van der Waals surface area (Å²) in [6, 6.07) is 23.6. The fourth-order valence-electron chi connectivity index (χ4n) is 4.74. The Morgan fingerprint density at radius 2 is 1.26 bits per heavy atom. The molecule has 0 radical (unpaired) electrons. The third kappa shape index (κ3) is 4.35. The molecule has 5 rings (SSSR count). The normalized spacial score (nSPS) is 16.8. The summed E-state index contributed by atoms with van der Waals surface area (Å²) in [5, 5.41) is 13.4. The van der Waals surface area contributed by atoms with Crippen LogP contribution in [0, 0.1) is 5.82 Å². The topological polar surface area (TPSA) is 31.6 Å². The van der Waals surface area contributed by atoms with Gasteiger partial charge in [-0.05, 0) is 29.8 Å². The number of aliphatic hydroxyl groups is 1. The molecule has 1 aromatic heterocycles. The number of para-hydroxylation sites is 2. The summed E-state index contributed by atoms with van der Waals surface area (Å²) in [4.78, 5) is 4.74. The minimum absolute atomic E-state index is 0.189. The Morgan fingerprint density at radius 1 is 0.710 bits per heavy atom. The molecule has 160 valence electrons. The number of aliphatic hydroxyl groups excluding tert-OH is 1. The highest BCUT2D eigenvalue weighted by atomic mass is 19.1. The molecule has 0 spiro atoms. The van der Waals surface area contributed by atoms with E-state index in [1.165, 1.54) is 33.9 Å². The minimum atomic E-state index is -0.428. The van der Waals surface area contributed by atoms with Crippen molar-refractivity contribution < 1.29 is 9.50 Å². The number of β-amino-alcohol motifs (C(OH)–C–C–N with tert-alkyl or cyclic N) is 1. The summed E-state index contributed by atoms with van der Waals surface area (Å²) in [5.74, 6) is -0.189. The zero-order chi connectivity index (χ0) is 21.2. The van der Waals surface area contributed by atoms with Crippen molar-refractivity contribution in [2.75, 3.05) is 32.7 Å². The molecule has 1 unspecified atom stereocenters. The third-order valence-corrected chi connectivity index (χ3v) is 6.33. The SMILES string of the molecule is OC(CN1CCN(Cc2ccc(F)cc2)CC1)Cn1c2ccccc2c2ccccc21. The van der Waals surface area contributed by atoms with Crippen molar-refractivity contribution in [1.82, 2.24) is 14.4 Å². The quantitative estimate of drug-likeness (QED) is 0.512. The number of aromatic nitrogens is 1. The number of nitrogens with zero attached hydrogens (tertiary/aromatic N) is 3. The lowest BCUT2D eigenvalue weighted by molar-refractivity contribution is 0.0634. The van der Waals surface area contributed by atoms with Crippen LogP contribution in [0.4, 0.5) is 4.39 Å². The molecule has 0 bridgehead atoms. The largest absolute Gasteiger partial charge is 0.390 e. The van der Waals surface area contributed by atoms with Gasteiger partial charge in [-0.1, -0.05) is 48.5 Å². The van der Waals surface area contributed by atoms with Crippen molar-refractivity contribution in [2.24, 2.45) is 0 Å². The average molecular weight is 418 g/mol. The van der Waals surface area contributed by atoms with E-state index in [2.05, 4.69) is 62.9 Å². The van der Waals surface area contributed by atoms with Gasteiger partial charge in [-0.25, -0.2) is 4.39 Å². The Balaban J connectivity index is 1.21. The molecule has 4 nitrogen and oxygen atoms in total. The van der Waals surface area contributed by atoms with Gasteiger partial charge in [0.15, 0.2) is 0 Å². The van der Waals surface area contributed by atoms with Crippen LogP contribution in [-0.4, -0.2) is 58.3 Å². The van der Waals surface area contributed by atoms with Gasteiger partial charge >= 0.3 is 0 Å². The minimum Gasteiger partial charge on any atom is -0.390 e. The van der Waals surface area contributed by atoms with Crippen LogP contribution in [0.5, 0.6) is 0 Å². The van der Waals surface area contributed by atoms with Gasteiger partial charge in [-0.3, -0.25) is 9.80 Å². The van der Waals surface area contributed by atoms with Gasteiger partial charge in [0, 0.05) is 61.1 Å². The van der Waals surface area contributed by atoms with Crippen molar-refractivity contribution in [1.29, 1.82) is 0 Å². The molecule has 0 amide bonds. The molecule has 31 heavy (non-hydrogen) atoms. The number of hydrogen-bond donors (Lipinski definition) is 1. The Bertz CT molecular complexity index is 1110. The third-order valence-electron chi connectivity index (χ3n) is 6.33. The maximum atomic E-state index is 13.1. The zero-order valence-electron chi connectivity index (χ0n) is 17.6. The van der Waals surface area contributed by atoms with Crippen LogP contribution in [0.15, 0.2) is 72.8 Å². The highest BCUT2D eigenvalue weighted by Crippen LogP contribution is 2.29. The van der Waals surface area contributed by atoms with Crippen molar-refractivity contribution >= 4 is 21.8 Å². The summed E-state index contributed by atoms with van der Waals surface area (Å²) < 4.78 is 15.4. The van der Waals surface area contributed by atoms with Crippen LogP contribution in [0.25, 0.3) is 21.8 Å². The highest BCUT2D eigenvalue weighted by molar-refractivity contribution is 6.07. The number of rotatable bonds is 6. The van der Waals surface area contributed by atoms with E-state index in [1.54, 1.807) is 0 Å². The van der Waals surface area contributed by atoms with Crippen molar-refractivity contribution in [2.45, 2.75) is 19.2 Å². The van der Waals surface area contributed by atoms with E-state index in [9.17, 15) is 9.50 Å². The maximum Gasteiger partial charge on any atom is 0.123 e. The summed E-state index contributed by atoms with van der Waals surface area (Å²) in [7, 11) is 0. The van der Waals surface area contributed by atoms with E-state index in [-0.39, 0.29) is 5.82 Å². The van der Waals surface area contributed by atoms with Gasteiger partial charge in [-0.15, -0.1) is 0 Å². The second kappa shape index (κ2) is 8.79. The molecule has 1 aliphatic heterocycles. The number of fused-ring (bicyclic) bond motifs is 3. The summed E-state index contributed by atoms with van der Waals surface area (Å²) in [6.07, 6.45) is -0.428. The van der Waals surface area contributed by atoms with E-state index in [1.807, 2.05) is 12.1 Å². The summed E-state index contributed by atoms with van der Waals surface area (Å²) in [5.41, 5.74) is 3.49. The number of piperazine rings is 1. The van der Waals surface area contributed by atoms with Gasteiger partial charge in [0.05, 0.1) is 12.6 Å². The first-order chi connectivity index (χ1) is 15.2.